The maximum atomic E-state index is 13.9. The molecule has 1 N–H and O–H groups in total. The molecule has 0 aliphatic carbocycles. The topological polar surface area (TPSA) is 65.6 Å². The Morgan fingerprint density at radius 3 is 2.42 bits per heavy atom. The molecule has 0 saturated carbocycles. The van der Waals surface area contributed by atoms with Crippen LogP contribution in [0.4, 0.5) is 0 Å². The van der Waals surface area contributed by atoms with Gasteiger partial charge < -0.3 is 19.5 Å². The minimum atomic E-state index is -0.520. The van der Waals surface area contributed by atoms with Gasteiger partial charge in [0.2, 0.25) is 11.8 Å². The lowest BCUT2D eigenvalue weighted by Crippen LogP contribution is -2.63. The Morgan fingerprint density at radius 1 is 0.974 bits per heavy atom. The van der Waals surface area contributed by atoms with E-state index in [4.69, 9.17) is 4.74 Å². The molecule has 6 heteroatoms. The summed E-state index contributed by atoms with van der Waals surface area (Å²) >= 11 is 0. The van der Waals surface area contributed by atoms with E-state index in [1.54, 1.807) is 12.0 Å². The molecule has 0 spiro atoms. The standard InChI is InChI=1S/C32H33N3O3/c1-20(2)22-10-12-23(13-11-22)31-30-26(25-6-4-5-7-27(25)33-30)18-28-32(37)34(19-29(36)35(28)31)17-16-21-8-14-24(38-3)15-9-21/h4-15,20,28,31,33H,16-19H2,1-3H3/t28-,31-/m0/s1. The highest BCUT2D eigenvalue weighted by molar-refractivity contribution is 5.97. The van der Waals surface area contributed by atoms with Gasteiger partial charge in [-0.15, -0.1) is 0 Å². The summed E-state index contributed by atoms with van der Waals surface area (Å²) in [5.74, 6) is 1.24. The number of H-pyrrole nitrogens is 1. The van der Waals surface area contributed by atoms with Crippen LogP contribution in [0.3, 0.4) is 0 Å². The largest absolute Gasteiger partial charge is 0.497 e. The van der Waals surface area contributed by atoms with Crippen LogP contribution in [0.25, 0.3) is 10.9 Å². The Morgan fingerprint density at radius 2 is 1.71 bits per heavy atom. The third-order valence-electron chi connectivity index (χ3n) is 8.09. The number of rotatable bonds is 6. The van der Waals surface area contributed by atoms with Crippen molar-refractivity contribution in [3.05, 3.63) is 101 Å². The predicted octanol–water partition coefficient (Wildman–Crippen LogP) is 5.23. The van der Waals surface area contributed by atoms with Crippen LogP contribution < -0.4 is 4.74 Å². The van der Waals surface area contributed by atoms with Crippen LogP contribution >= 0.6 is 0 Å². The highest BCUT2D eigenvalue weighted by atomic mass is 16.5. The maximum Gasteiger partial charge on any atom is 0.246 e. The summed E-state index contributed by atoms with van der Waals surface area (Å²) in [6.07, 6.45) is 1.21. The van der Waals surface area contributed by atoms with Crippen molar-refractivity contribution in [1.82, 2.24) is 14.8 Å². The van der Waals surface area contributed by atoms with Gasteiger partial charge >= 0.3 is 0 Å². The zero-order valence-electron chi connectivity index (χ0n) is 22.1. The van der Waals surface area contributed by atoms with E-state index in [2.05, 4.69) is 55.2 Å². The first-order chi connectivity index (χ1) is 18.4. The SMILES string of the molecule is COc1ccc(CCN2CC(=O)N3[C@@H](c4ccc(C(C)C)cc4)c4[nH]c5ccccc5c4C[C@H]3C2=O)cc1. The molecule has 38 heavy (non-hydrogen) atoms. The van der Waals surface area contributed by atoms with E-state index in [9.17, 15) is 9.59 Å². The fourth-order valence-corrected chi connectivity index (χ4v) is 5.98. The Bertz CT molecular complexity index is 1490. The molecule has 6 nitrogen and oxygen atoms in total. The average Bonchev–Trinajstić information content (AvgIpc) is 3.32. The van der Waals surface area contributed by atoms with Crippen LogP contribution in [0.1, 0.15) is 53.8 Å². The van der Waals surface area contributed by atoms with Crippen LogP contribution in [-0.2, 0) is 22.4 Å². The first-order valence-corrected chi connectivity index (χ1v) is 13.4. The van der Waals surface area contributed by atoms with Gasteiger partial charge in [0.05, 0.1) is 19.7 Å². The Labute approximate surface area is 223 Å². The van der Waals surface area contributed by atoms with Crippen LogP contribution in [0, 0.1) is 0 Å². The van der Waals surface area contributed by atoms with E-state index in [-0.39, 0.29) is 24.4 Å². The molecule has 6 rings (SSSR count). The molecule has 0 bridgehead atoms. The summed E-state index contributed by atoms with van der Waals surface area (Å²) in [4.78, 5) is 34.9. The second-order valence-electron chi connectivity index (χ2n) is 10.7. The number of methoxy groups -OCH3 is 1. The van der Waals surface area contributed by atoms with Crippen molar-refractivity contribution in [3.63, 3.8) is 0 Å². The van der Waals surface area contributed by atoms with Gasteiger partial charge in [-0.3, -0.25) is 9.59 Å². The zero-order chi connectivity index (χ0) is 26.4. The fourth-order valence-electron chi connectivity index (χ4n) is 5.98. The summed E-state index contributed by atoms with van der Waals surface area (Å²) in [5, 5.41) is 1.13. The van der Waals surface area contributed by atoms with E-state index >= 15 is 0 Å². The molecule has 3 heterocycles. The Balaban J connectivity index is 1.35. The molecule has 1 aromatic heterocycles. The Hall–Kier alpha value is -4.06. The first-order valence-electron chi connectivity index (χ1n) is 13.4. The normalized spacial score (nSPS) is 19.2. The first kappa shape index (κ1) is 24.3. The Kier molecular flexibility index (Phi) is 6.18. The second-order valence-corrected chi connectivity index (χ2v) is 10.7. The number of carbonyl (C=O) groups is 2. The molecule has 3 aromatic carbocycles. The van der Waals surface area contributed by atoms with Crippen LogP contribution in [-0.4, -0.2) is 52.8 Å². The van der Waals surface area contributed by atoms with Crippen molar-refractivity contribution in [2.75, 3.05) is 20.2 Å². The third kappa shape index (κ3) is 4.14. The smallest absolute Gasteiger partial charge is 0.246 e. The molecule has 2 amide bonds. The van der Waals surface area contributed by atoms with Gasteiger partial charge in [0, 0.05) is 29.6 Å². The molecule has 2 aliphatic heterocycles. The summed E-state index contributed by atoms with van der Waals surface area (Å²) in [5.41, 5.74) is 6.59. The molecule has 4 aromatic rings. The number of carbonyl (C=O) groups excluding carboxylic acids is 2. The number of fused-ring (bicyclic) bond motifs is 4. The van der Waals surface area contributed by atoms with Crippen LogP contribution in [0.5, 0.6) is 5.75 Å². The van der Waals surface area contributed by atoms with Crippen LogP contribution in [0.15, 0.2) is 72.8 Å². The third-order valence-corrected chi connectivity index (χ3v) is 8.09. The minimum Gasteiger partial charge on any atom is -0.497 e. The monoisotopic (exact) mass is 507 g/mol. The van der Waals surface area contributed by atoms with E-state index in [0.717, 1.165) is 39.0 Å². The predicted molar refractivity (Wildman–Crippen MR) is 148 cm³/mol. The van der Waals surface area contributed by atoms with Crippen molar-refractivity contribution in [2.45, 2.75) is 44.7 Å². The number of hydrogen-bond acceptors (Lipinski definition) is 3. The van der Waals surface area contributed by atoms with Crippen molar-refractivity contribution < 1.29 is 14.3 Å². The van der Waals surface area contributed by atoms with Crippen molar-refractivity contribution in [3.8, 4) is 5.75 Å². The molecule has 0 unspecified atom stereocenters. The van der Waals surface area contributed by atoms with E-state index in [1.807, 2.05) is 41.3 Å². The highest BCUT2D eigenvalue weighted by Gasteiger charge is 2.48. The number of aromatic amines is 1. The summed E-state index contributed by atoms with van der Waals surface area (Å²) in [6, 6.07) is 23.8. The molecule has 1 fully saturated rings. The van der Waals surface area contributed by atoms with Gasteiger partial charge in [-0.2, -0.15) is 0 Å². The number of hydrogen-bond donors (Lipinski definition) is 1. The lowest BCUT2D eigenvalue weighted by atomic mass is 9.85. The lowest BCUT2D eigenvalue weighted by molar-refractivity contribution is -0.158. The second kappa shape index (κ2) is 9.67. The number of ether oxygens (including phenoxy) is 1. The van der Waals surface area contributed by atoms with E-state index < -0.39 is 6.04 Å². The zero-order valence-corrected chi connectivity index (χ0v) is 22.1. The van der Waals surface area contributed by atoms with Gasteiger partial charge in [-0.25, -0.2) is 0 Å². The van der Waals surface area contributed by atoms with Gasteiger partial charge in [0.15, 0.2) is 0 Å². The number of aromatic nitrogens is 1. The van der Waals surface area contributed by atoms with E-state index in [1.165, 1.54) is 5.56 Å². The van der Waals surface area contributed by atoms with Crippen molar-refractivity contribution >= 4 is 22.7 Å². The highest BCUT2D eigenvalue weighted by Crippen LogP contribution is 2.42. The quantitative estimate of drug-likeness (QED) is 0.389. The van der Waals surface area contributed by atoms with Crippen molar-refractivity contribution in [1.29, 1.82) is 0 Å². The van der Waals surface area contributed by atoms with Gasteiger partial charge in [-0.1, -0.05) is 68.4 Å². The van der Waals surface area contributed by atoms with Crippen molar-refractivity contribution in [2.24, 2.45) is 0 Å². The fraction of sp³-hybridized carbons (Fsp3) is 0.312. The van der Waals surface area contributed by atoms with Gasteiger partial charge in [0.1, 0.15) is 11.8 Å². The van der Waals surface area contributed by atoms with Crippen LogP contribution in [0.2, 0.25) is 0 Å². The molecule has 194 valence electrons. The molecule has 2 aliphatic rings. The molecule has 0 radical (unpaired) electrons. The number of para-hydroxylation sites is 1. The molecular weight excluding hydrogens is 474 g/mol. The average molecular weight is 508 g/mol. The lowest BCUT2D eigenvalue weighted by Gasteiger charge is -2.47. The number of amides is 2. The number of piperazine rings is 1. The number of nitrogens with zero attached hydrogens (tertiary/aromatic N) is 2. The summed E-state index contributed by atoms with van der Waals surface area (Å²) < 4.78 is 5.25. The maximum absolute atomic E-state index is 13.9. The number of benzene rings is 3. The van der Waals surface area contributed by atoms with Gasteiger partial charge in [0.25, 0.3) is 0 Å². The minimum absolute atomic E-state index is 0.00780. The summed E-state index contributed by atoms with van der Waals surface area (Å²) in [6.45, 7) is 4.96. The van der Waals surface area contributed by atoms with Gasteiger partial charge in [-0.05, 0) is 52.8 Å². The number of nitrogens with one attached hydrogen (secondary N) is 1. The molecule has 1 saturated heterocycles. The molecule has 2 atom stereocenters. The summed E-state index contributed by atoms with van der Waals surface area (Å²) in [7, 11) is 1.65. The molecular formula is C32H33N3O3. The van der Waals surface area contributed by atoms with E-state index in [0.29, 0.717) is 25.3 Å².